The summed E-state index contributed by atoms with van der Waals surface area (Å²) < 4.78 is 15.1. The first-order valence-corrected chi connectivity index (χ1v) is 8.71. The van der Waals surface area contributed by atoms with Crippen LogP contribution in [0.25, 0.3) is 16.6 Å². The number of hydrogen-bond acceptors (Lipinski definition) is 5. The molecule has 0 atom stereocenters. The van der Waals surface area contributed by atoms with E-state index in [2.05, 4.69) is 21.4 Å². The molecule has 0 saturated carbocycles. The van der Waals surface area contributed by atoms with Crippen LogP contribution in [0.3, 0.4) is 0 Å². The largest absolute Gasteiger partial charge is 0.282 e. The zero-order chi connectivity index (χ0) is 19.0. The topological polar surface area (TPSA) is 93.6 Å². The van der Waals surface area contributed by atoms with E-state index in [9.17, 15) is 14.9 Å². The average molecular weight is 374 g/mol. The minimum Gasteiger partial charge on any atom is -0.282 e. The maximum atomic E-state index is 13.5. The molecule has 0 aliphatic heterocycles. The first-order chi connectivity index (χ1) is 13.1. The summed E-state index contributed by atoms with van der Waals surface area (Å²) in [5.74, 6) is -0.467. The molecule has 8 heteroatoms. The van der Waals surface area contributed by atoms with E-state index in [0.29, 0.717) is 16.0 Å². The lowest BCUT2D eigenvalue weighted by molar-refractivity contribution is 0.626. The molecule has 0 aliphatic rings. The van der Waals surface area contributed by atoms with Crippen molar-refractivity contribution in [3.8, 4) is 23.3 Å². The molecule has 0 saturated heterocycles. The average Bonchev–Trinajstić information content (AvgIpc) is 3.28. The number of rotatable bonds is 3. The second kappa shape index (κ2) is 6.60. The fourth-order valence-corrected chi connectivity index (χ4v) is 3.90. The van der Waals surface area contributed by atoms with Crippen molar-refractivity contribution in [1.29, 1.82) is 10.5 Å². The molecular weight excluding hydrogens is 363 g/mol. The Labute approximate surface area is 157 Å². The zero-order valence-corrected chi connectivity index (χ0v) is 14.9. The van der Waals surface area contributed by atoms with E-state index in [1.54, 1.807) is 16.8 Å². The van der Waals surface area contributed by atoms with E-state index in [4.69, 9.17) is 0 Å². The molecule has 0 spiro atoms. The van der Waals surface area contributed by atoms with Crippen LogP contribution in [-0.2, 0) is 0 Å². The first kappa shape index (κ1) is 16.8. The third-order valence-electron chi connectivity index (χ3n) is 4.12. The van der Waals surface area contributed by atoms with E-state index in [1.165, 1.54) is 30.1 Å². The third kappa shape index (κ3) is 2.92. The summed E-state index contributed by atoms with van der Waals surface area (Å²) in [5.41, 5.74) is 3.98. The van der Waals surface area contributed by atoms with Gasteiger partial charge in [0, 0.05) is 32.8 Å². The van der Waals surface area contributed by atoms with E-state index >= 15 is 0 Å². The summed E-state index contributed by atoms with van der Waals surface area (Å²) in [5, 5.41) is 30.0. The van der Waals surface area contributed by atoms with Gasteiger partial charge in [0.1, 0.15) is 18.0 Å². The van der Waals surface area contributed by atoms with Gasteiger partial charge in [0.2, 0.25) is 0 Å². The molecule has 1 aromatic carbocycles. The first-order valence-electron chi connectivity index (χ1n) is 7.90. The Hall–Kier alpha value is -3.62. The lowest BCUT2D eigenvalue weighted by Gasteiger charge is -2.09. The van der Waals surface area contributed by atoms with Gasteiger partial charge in [-0.3, -0.25) is 5.10 Å². The van der Waals surface area contributed by atoms with Gasteiger partial charge in [-0.25, -0.2) is 8.91 Å². The van der Waals surface area contributed by atoms with Gasteiger partial charge >= 0.3 is 0 Å². The molecule has 3 heterocycles. The summed E-state index contributed by atoms with van der Waals surface area (Å²) in [4.78, 5) is 1.34. The Morgan fingerprint density at radius 1 is 1.11 bits per heavy atom. The maximum Gasteiger partial charge on any atom is 0.124 e. The monoisotopic (exact) mass is 374 g/mol. The number of nitrogens with one attached hydrogen (secondary N) is 1. The molecule has 0 unspecified atom stereocenters. The normalized spacial score (nSPS) is 10.7. The number of benzene rings is 1. The highest BCUT2D eigenvalue weighted by Gasteiger charge is 2.16. The Balaban J connectivity index is 1.93. The fraction of sp³-hybridized carbons (Fsp3) is 0.0526. The van der Waals surface area contributed by atoms with Crippen LogP contribution < -0.4 is 0 Å². The Kier molecular flexibility index (Phi) is 4.11. The molecule has 0 amide bonds. The van der Waals surface area contributed by atoms with Gasteiger partial charge in [0.15, 0.2) is 0 Å². The second-order valence-corrected chi connectivity index (χ2v) is 6.90. The van der Waals surface area contributed by atoms with Crippen molar-refractivity contribution in [3.05, 3.63) is 65.5 Å². The number of aryl methyl sites for hydroxylation is 1. The number of fused-ring (bicyclic) bond motifs is 1. The van der Waals surface area contributed by atoms with Crippen LogP contribution in [0.4, 0.5) is 4.39 Å². The summed E-state index contributed by atoms with van der Waals surface area (Å²) in [6, 6.07) is 10.1. The van der Waals surface area contributed by atoms with Gasteiger partial charge in [0.25, 0.3) is 0 Å². The minimum atomic E-state index is -0.467. The molecule has 0 fully saturated rings. The van der Waals surface area contributed by atoms with E-state index in [-0.39, 0.29) is 5.56 Å². The standard InChI is InChI=1S/C19H11FN6S/c1-11-16(9-23-25-11)13-5-18(19-14(7-22)8-24-26(19)10-13)27-17-3-2-15(20)4-12(17)6-21/h2-5,8-10H,1H3,(H,23,25). The van der Waals surface area contributed by atoms with E-state index in [0.717, 1.165) is 21.7 Å². The van der Waals surface area contributed by atoms with Gasteiger partial charge < -0.3 is 0 Å². The van der Waals surface area contributed by atoms with Crippen molar-refractivity contribution >= 4 is 17.3 Å². The van der Waals surface area contributed by atoms with Gasteiger partial charge in [-0.2, -0.15) is 20.7 Å². The molecule has 6 nitrogen and oxygen atoms in total. The van der Waals surface area contributed by atoms with Crippen LogP contribution in [0.1, 0.15) is 16.8 Å². The van der Waals surface area contributed by atoms with Crippen molar-refractivity contribution < 1.29 is 4.39 Å². The number of aromatic nitrogens is 4. The van der Waals surface area contributed by atoms with Crippen LogP contribution in [0.2, 0.25) is 0 Å². The Morgan fingerprint density at radius 2 is 1.93 bits per heavy atom. The van der Waals surface area contributed by atoms with Gasteiger partial charge in [-0.15, -0.1) is 0 Å². The molecule has 4 aromatic rings. The minimum absolute atomic E-state index is 0.237. The molecule has 1 N–H and O–H groups in total. The number of H-pyrrole nitrogens is 1. The molecular formula is C19H11FN6S. The molecule has 130 valence electrons. The third-order valence-corrected chi connectivity index (χ3v) is 5.23. The summed E-state index contributed by atoms with van der Waals surface area (Å²) in [6.07, 6.45) is 5.05. The van der Waals surface area contributed by atoms with Crippen LogP contribution in [-0.4, -0.2) is 19.8 Å². The summed E-state index contributed by atoms with van der Waals surface area (Å²) in [7, 11) is 0. The molecule has 0 aliphatic carbocycles. The van der Waals surface area contributed by atoms with Crippen molar-refractivity contribution in [2.45, 2.75) is 16.7 Å². The number of nitrogens with zero attached hydrogens (tertiary/aromatic N) is 5. The Bertz CT molecular complexity index is 1260. The molecule has 3 aromatic heterocycles. The van der Waals surface area contributed by atoms with Crippen molar-refractivity contribution in [1.82, 2.24) is 19.8 Å². The predicted molar refractivity (Wildman–Crippen MR) is 97.5 cm³/mol. The summed E-state index contributed by atoms with van der Waals surface area (Å²) in [6.45, 7) is 1.91. The van der Waals surface area contributed by atoms with Crippen molar-refractivity contribution in [2.24, 2.45) is 0 Å². The number of pyridine rings is 1. The van der Waals surface area contributed by atoms with Crippen LogP contribution >= 0.6 is 11.8 Å². The number of halogens is 1. The fourth-order valence-electron chi connectivity index (χ4n) is 2.83. The van der Waals surface area contributed by atoms with Crippen molar-refractivity contribution in [3.63, 3.8) is 0 Å². The van der Waals surface area contributed by atoms with Crippen LogP contribution in [0, 0.1) is 35.4 Å². The quantitative estimate of drug-likeness (QED) is 0.583. The highest BCUT2D eigenvalue weighted by molar-refractivity contribution is 7.99. The number of nitriles is 2. The number of aromatic amines is 1. The zero-order valence-electron chi connectivity index (χ0n) is 14.1. The summed E-state index contributed by atoms with van der Waals surface area (Å²) >= 11 is 1.30. The lowest BCUT2D eigenvalue weighted by atomic mass is 10.1. The molecule has 0 bridgehead atoms. The van der Waals surface area contributed by atoms with Gasteiger partial charge in [0.05, 0.1) is 29.0 Å². The molecule has 0 radical (unpaired) electrons. The van der Waals surface area contributed by atoms with E-state index < -0.39 is 5.82 Å². The lowest BCUT2D eigenvalue weighted by Crippen LogP contribution is -1.93. The van der Waals surface area contributed by atoms with E-state index in [1.807, 2.05) is 25.3 Å². The highest BCUT2D eigenvalue weighted by atomic mass is 32.2. The Morgan fingerprint density at radius 3 is 2.63 bits per heavy atom. The molecule has 4 rings (SSSR count). The maximum absolute atomic E-state index is 13.5. The molecule has 27 heavy (non-hydrogen) atoms. The van der Waals surface area contributed by atoms with Crippen LogP contribution in [0.5, 0.6) is 0 Å². The van der Waals surface area contributed by atoms with Gasteiger partial charge in [-0.05, 0) is 31.2 Å². The highest BCUT2D eigenvalue weighted by Crippen LogP contribution is 2.37. The smallest absolute Gasteiger partial charge is 0.124 e. The van der Waals surface area contributed by atoms with Crippen molar-refractivity contribution in [2.75, 3.05) is 0 Å². The number of hydrogen-bond donors (Lipinski definition) is 1. The van der Waals surface area contributed by atoms with Crippen LogP contribution in [0.15, 0.2) is 52.6 Å². The second-order valence-electron chi connectivity index (χ2n) is 5.82. The SMILES string of the molecule is Cc1[nH]ncc1-c1cc(Sc2ccc(F)cc2C#N)c2c(C#N)cnn2c1. The van der Waals surface area contributed by atoms with Gasteiger partial charge in [-0.1, -0.05) is 11.8 Å². The predicted octanol–water partition coefficient (Wildman–Crippen LogP) is 4.07.